The summed E-state index contributed by atoms with van der Waals surface area (Å²) < 4.78 is 0. The van der Waals surface area contributed by atoms with Crippen molar-refractivity contribution in [2.45, 2.75) is 48.5 Å². The normalized spacial score (nSPS) is 12.0. The molecule has 0 aliphatic carbocycles. The molecule has 4 heteroatoms. The van der Waals surface area contributed by atoms with Gasteiger partial charge in [0.1, 0.15) is 5.76 Å². The number of aromatic nitrogens is 1. The van der Waals surface area contributed by atoms with Gasteiger partial charge in [-0.1, -0.05) is 127 Å². The Labute approximate surface area is 280 Å². The number of nitrogens with zero attached hydrogens (tertiary/aromatic N) is 1. The van der Waals surface area contributed by atoms with E-state index in [0.717, 1.165) is 22.2 Å². The Morgan fingerprint density at radius 2 is 1.29 bits per heavy atom. The Morgan fingerprint density at radius 3 is 1.98 bits per heavy atom. The van der Waals surface area contributed by atoms with Crippen LogP contribution in [0.1, 0.15) is 47.1 Å². The zero-order valence-corrected chi connectivity index (χ0v) is 29.4. The maximum absolute atomic E-state index is 11.5. The van der Waals surface area contributed by atoms with Gasteiger partial charge in [0.25, 0.3) is 0 Å². The van der Waals surface area contributed by atoms with Crippen LogP contribution in [0.2, 0.25) is 0 Å². The van der Waals surface area contributed by atoms with Gasteiger partial charge in [-0.05, 0) is 49.6 Å². The molecule has 1 radical (unpaired) electrons. The SMILES string of the molecule is CC(C)(C)C(=O)/C=C(\O)C(C)(C)C.Cc1[c-]c(-c2nccc3c2ccc2c4ccccc4ccc32)cc(-c2ccccc2)c1.[Ir]. The summed E-state index contributed by atoms with van der Waals surface area (Å²) in [5, 5.41) is 17.0. The van der Waals surface area contributed by atoms with E-state index in [-0.39, 0.29) is 37.1 Å². The summed E-state index contributed by atoms with van der Waals surface area (Å²) in [6.07, 6.45) is 3.25. The Hall–Kier alpha value is -4.11. The van der Waals surface area contributed by atoms with E-state index in [1.807, 2.05) is 53.8 Å². The zero-order valence-electron chi connectivity index (χ0n) is 27.0. The van der Waals surface area contributed by atoms with E-state index in [1.54, 1.807) is 0 Å². The van der Waals surface area contributed by atoms with Crippen LogP contribution in [0.15, 0.2) is 115 Å². The fourth-order valence-electron chi connectivity index (χ4n) is 5.17. The van der Waals surface area contributed by atoms with Gasteiger partial charge in [-0.15, -0.1) is 34.9 Å². The summed E-state index contributed by atoms with van der Waals surface area (Å²) in [6, 6.07) is 38.0. The minimum atomic E-state index is -0.417. The fourth-order valence-corrected chi connectivity index (χ4v) is 5.17. The van der Waals surface area contributed by atoms with Crippen molar-refractivity contribution >= 4 is 38.1 Å². The molecule has 0 saturated carbocycles. The van der Waals surface area contributed by atoms with Gasteiger partial charge in [0, 0.05) is 43.2 Å². The summed E-state index contributed by atoms with van der Waals surface area (Å²) >= 11 is 0. The molecular weight excluding hydrogens is 731 g/mol. The number of benzene rings is 5. The first-order valence-electron chi connectivity index (χ1n) is 15.1. The van der Waals surface area contributed by atoms with E-state index in [4.69, 9.17) is 4.98 Å². The molecule has 231 valence electrons. The maximum Gasteiger partial charge on any atom is 0.164 e. The molecule has 45 heavy (non-hydrogen) atoms. The predicted molar refractivity (Wildman–Crippen MR) is 186 cm³/mol. The van der Waals surface area contributed by atoms with Gasteiger partial charge in [0.2, 0.25) is 0 Å². The first kappa shape index (κ1) is 33.8. The van der Waals surface area contributed by atoms with Gasteiger partial charge in [0.05, 0.1) is 0 Å². The average Bonchev–Trinajstić information content (AvgIpc) is 3.00. The molecule has 0 aliphatic rings. The number of aliphatic hydroxyl groups excluding tert-OH is 1. The van der Waals surface area contributed by atoms with Crippen LogP contribution >= 0.6 is 0 Å². The summed E-state index contributed by atoms with van der Waals surface area (Å²) in [6.45, 7) is 13.2. The van der Waals surface area contributed by atoms with E-state index in [9.17, 15) is 9.90 Å². The number of fused-ring (bicyclic) bond motifs is 5. The topological polar surface area (TPSA) is 50.2 Å². The van der Waals surface area contributed by atoms with Crippen molar-refractivity contribution in [3.63, 3.8) is 0 Å². The number of allylic oxidation sites excluding steroid dienone is 2. The molecule has 0 saturated heterocycles. The van der Waals surface area contributed by atoms with E-state index < -0.39 is 5.41 Å². The van der Waals surface area contributed by atoms with Crippen molar-refractivity contribution in [3.05, 3.63) is 127 Å². The number of carbonyl (C=O) groups is 1. The molecule has 1 heterocycles. The van der Waals surface area contributed by atoms with Crippen LogP contribution in [0.3, 0.4) is 0 Å². The fraction of sp³-hybridized carbons (Fsp3) is 0.220. The van der Waals surface area contributed by atoms with Gasteiger partial charge >= 0.3 is 0 Å². The Morgan fingerprint density at radius 1 is 0.689 bits per heavy atom. The van der Waals surface area contributed by atoms with Crippen molar-refractivity contribution in [3.8, 4) is 22.4 Å². The summed E-state index contributed by atoms with van der Waals surface area (Å²) in [5.74, 6) is 0.104. The summed E-state index contributed by atoms with van der Waals surface area (Å²) in [7, 11) is 0. The monoisotopic (exact) mass is 771 g/mol. The molecule has 0 unspecified atom stereocenters. The second-order valence-corrected chi connectivity index (χ2v) is 13.4. The van der Waals surface area contributed by atoms with Crippen molar-refractivity contribution in [2.24, 2.45) is 10.8 Å². The zero-order chi connectivity index (χ0) is 31.6. The largest absolute Gasteiger partial charge is 0.512 e. The van der Waals surface area contributed by atoms with E-state index in [2.05, 4.69) is 104 Å². The van der Waals surface area contributed by atoms with E-state index >= 15 is 0 Å². The molecule has 0 amide bonds. The second kappa shape index (κ2) is 13.5. The third kappa shape index (κ3) is 7.59. The number of carbonyl (C=O) groups excluding carboxylic acids is 1. The number of aryl methyl sites for hydroxylation is 1. The molecule has 0 aliphatic heterocycles. The Bertz CT molecular complexity index is 2010. The van der Waals surface area contributed by atoms with Crippen LogP contribution in [0.5, 0.6) is 0 Å². The smallest absolute Gasteiger partial charge is 0.164 e. The van der Waals surface area contributed by atoms with Gasteiger partial charge in [-0.3, -0.25) is 4.79 Å². The van der Waals surface area contributed by atoms with Crippen LogP contribution < -0.4 is 0 Å². The molecule has 0 fully saturated rings. The van der Waals surface area contributed by atoms with Gasteiger partial charge < -0.3 is 10.1 Å². The Kier molecular flexibility index (Phi) is 10.1. The van der Waals surface area contributed by atoms with Crippen LogP contribution in [0, 0.1) is 23.8 Å². The molecule has 6 rings (SSSR count). The molecule has 0 atom stereocenters. The first-order valence-corrected chi connectivity index (χ1v) is 15.1. The van der Waals surface area contributed by atoms with E-state index in [1.165, 1.54) is 44.1 Å². The minimum absolute atomic E-state index is 0. The van der Waals surface area contributed by atoms with Crippen molar-refractivity contribution in [2.75, 3.05) is 0 Å². The van der Waals surface area contributed by atoms with Crippen LogP contribution in [0.4, 0.5) is 0 Å². The minimum Gasteiger partial charge on any atom is -0.512 e. The van der Waals surface area contributed by atoms with Crippen molar-refractivity contribution in [1.29, 1.82) is 0 Å². The number of hydrogen-bond acceptors (Lipinski definition) is 3. The van der Waals surface area contributed by atoms with Crippen molar-refractivity contribution < 1.29 is 30.0 Å². The quantitative estimate of drug-likeness (QED) is 0.0844. The number of aliphatic hydroxyl groups is 1. The summed E-state index contributed by atoms with van der Waals surface area (Å²) in [5.41, 5.74) is 4.76. The molecule has 6 aromatic rings. The standard InChI is InChI=1S/C30H20N.C11H20O2.Ir/c1-20-17-23(21-7-3-2-4-8-21)19-24(18-20)30-29-14-13-26-25-10-6-5-9-22(25)11-12-27(26)28(29)15-16-31-30;1-10(2,3)8(12)7-9(13)11(4,5)6;/h2-17,19H,1H3;7,12H,1-6H3;/q-1;;/b;8-7-;. The predicted octanol–water partition coefficient (Wildman–Crippen LogP) is 11.1. The molecule has 1 aromatic heterocycles. The summed E-state index contributed by atoms with van der Waals surface area (Å²) in [4.78, 5) is 16.3. The number of pyridine rings is 1. The Balaban J connectivity index is 0.000000283. The maximum atomic E-state index is 11.5. The second-order valence-electron chi connectivity index (χ2n) is 13.4. The molecule has 0 bridgehead atoms. The average molecular weight is 771 g/mol. The van der Waals surface area contributed by atoms with Gasteiger partial charge in [-0.25, -0.2) is 0 Å². The molecule has 1 N–H and O–H groups in total. The number of rotatable bonds is 3. The third-order valence-corrected chi connectivity index (χ3v) is 7.81. The number of hydrogen-bond donors (Lipinski definition) is 1. The van der Waals surface area contributed by atoms with E-state index in [0.29, 0.717) is 0 Å². The molecule has 5 aromatic carbocycles. The number of ketones is 1. The van der Waals surface area contributed by atoms with Crippen LogP contribution in [0.25, 0.3) is 54.7 Å². The van der Waals surface area contributed by atoms with Crippen molar-refractivity contribution in [1.82, 2.24) is 4.98 Å². The third-order valence-electron chi connectivity index (χ3n) is 7.81. The first-order chi connectivity index (χ1) is 20.8. The molecular formula is C41H40IrNO2-. The molecule has 3 nitrogen and oxygen atoms in total. The van der Waals surface area contributed by atoms with Crippen LogP contribution in [-0.4, -0.2) is 15.9 Å². The van der Waals surface area contributed by atoms with Gasteiger partial charge in [-0.2, -0.15) is 0 Å². The van der Waals surface area contributed by atoms with Gasteiger partial charge in [0.15, 0.2) is 5.78 Å². The molecule has 0 spiro atoms. The van der Waals surface area contributed by atoms with Crippen LogP contribution in [-0.2, 0) is 24.9 Å².